The van der Waals surface area contributed by atoms with E-state index in [1.54, 1.807) is 0 Å². The predicted octanol–water partition coefficient (Wildman–Crippen LogP) is 2.27. The van der Waals surface area contributed by atoms with Crippen molar-refractivity contribution in [2.45, 2.75) is 32.7 Å². The molecule has 4 nitrogen and oxygen atoms in total. The number of aromatic nitrogens is 3. The maximum absolute atomic E-state index is 4.51. The zero-order chi connectivity index (χ0) is 13.7. The minimum atomic E-state index is 0.313. The van der Waals surface area contributed by atoms with Gasteiger partial charge in [-0.25, -0.2) is 0 Å². The van der Waals surface area contributed by atoms with Crippen molar-refractivity contribution in [1.82, 2.24) is 20.1 Å². The molecule has 102 valence electrons. The molecule has 19 heavy (non-hydrogen) atoms. The van der Waals surface area contributed by atoms with Gasteiger partial charge in [0.15, 0.2) is 0 Å². The molecule has 2 aromatic heterocycles. The van der Waals surface area contributed by atoms with Gasteiger partial charge in [-0.1, -0.05) is 13.8 Å². The lowest BCUT2D eigenvalue weighted by atomic mass is 10.0. The number of pyridine rings is 1. The SMILES string of the molecule is CCNC(Cc1cc(CC)nn1C)c1ccncc1. The third-order valence-electron chi connectivity index (χ3n) is 3.36. The Labute approximate surface area is 114 Å². The van der Waals surface area contributed by atoms with Crippen molar-refractivity contribution in [1.29, 1.82) is 0 Å². The molecule has 0 aromatic carbocycles. The van der Waals surface area contributed by atoms with Gasteiger partial charge in [-0.05, 0) is 36.7 Å². The van der Waals surface area contributed by atoms with Crippen molar-refractivity contribution in [3.8, 4) is 0 Å². The summed E-state index contributed by atoms with van der Waals surface area (Å²) >= 11 is 0. The Morgan fingerprint density at radius 2 is 2.00 bits per heavy atom. The van der Waals surface area contributed by atoms with E-state index in [9.17, 15) is 0 Å². The summed E-state index contributed by atoms with van der Waals surface area (Å²) in [6, 6.07) is 6.66. The van der Waals surface area contributed by atoms with Crippen LogP contribution >= 0.6 is 0 Å². The first-order valence-electron chi connectivity index (χ1n) is 6.89. The molecule has 0 aliphatic carbocycles. The van der Waals surface area contributed by atoms with Crippen LogP contribution in [0.5, 0.6) is 0 Å². The molecule has 2 rings (SSSR count). The van der Waals surface area contributed by atoms with Crippen LogP contribution in [0.1, 0.15) is 36.8 Å². The molecule has 0 saturated heterocycles. The Hall–Kier alpha value is -1.68. The minimum absolute atomic E-state index is 0.313. The fourth-order valence-electron chi connectivity index (χ4n) is 2.29. The summed E-state index contributed by atoms with van der Waals surface area (Å²) in [5.74, 6) is 0. The summed E-state index contributed by atoms with van der Waals surface area (Å²) in [6.07, 6.45) is 5.62. The first-order valence-corrected chi connectivity index (χ1v) is 6.89. The molecule has 0 amide bonds. The summed E-state index contributed by atoms with van der Waals surface area (Å²) < 4.78 is 1.99. The molecule has 1 N–H and O–H groups in total. The second kappa shape index (κ2) is 6.48. The quantitative estimate of drug-likeness (QED) is 0.864. The number of aryl methyl sites for hydroxylation is 2. The van der Waals surface area contributed by atoms with Crippen molar-refractivity contribution < 1.29 is 0 Å². The molecule has 0 fully saturated rings. The highest BCUT2D eigenvalue weighted by atomic mass is 15.3. The molecule has 0 aliphatic heterocycles. The van der Waals surface area contributed by atoms with Gasteiger partial charge in [0, 0.05) is 37.6 Å². The Kier molecular flexibility index (Phi) is 4.68. The highest BCUT2D eigenvalue weighted by molar-refractivity contribution is 5.19. The summed E-state index contributed by atoms with van der Waals surface area (Å²) in [5.41, 5.74) is 3.69. The van der Waals surface area contributed by atoms with Crippen LogP contribution in [0.4, 0.5) is 0 Å². The van der Waals surface area contributed by atoms with E-state index in [0.717, 1.165) is 25.1 Å². The Morgan fingerprint density at radius 3 is 2.58 bits per heavy atom. The molecule has 1 unspecified atom stereocenters. The van der Waals surface area contributed by atoms with Gasteiger partial charge >= 0.3 is 0 Å². The number of nitrogens with zero attached hydrogens (tertiary/aromatic N) is 3. The minimum Gasteiger partial charge on any atom is -0.310 e. The number of hydrogen-bond acceptors (Lipinski definition) is 3. The summed E-state index contributed by atoms with van der Waals surface area (Å²) in [6.45, 7) is 5.22. The lowest BCUT2D eigenvalue weighted by Gasteiger charge is -2.18. The van der Waals surface area contributed by atoms with Gasteiger partial charge in [-0.2, -0.15) is 5.10 Å². The van der Waals surface area contributed by atoms with Crippen molar-refractivity contribution in [3.63, 3.8) is 0 Å². The van der Waals surface area contributed by atoms with Gasteiger partial charge in [0.05, 0.1) is 5.69 Å². The zero-order valence-electron chi connectivity index (χ0n) is 11.9. The fourth-order valence-corrected chi connectivity index (χ4v) is 2.29. The second-order valence-electron chi connectivity index (χ2n) is 4.70. The summed E-state index contributed by atoms with van der Waals surface area (Å²) in [5, 5.41) is 8.05. The van der Waals surface area contributed by atoms with Crippen LogP contribution in [-0.4, -0.2) is 21.3 Å². The van der Waals surface area contributed by atoms with E-state index >= 15 is 0 Å². The molecule has 4 heteroatoms. The van der Waals surface area contributed by atoms with Crippen molar-refractivity contribution in [3.05, 3.63) is 47.5 Å². The van der Waals surface area contributed by atoms with E-state index in [0.29, 0.717) is 6.04 Å². The number of hydrogen-bond donors (Lipinski definition) is 1. The highest BCUT2D eigenvalue weighted by Crippen LogP contribution is 2.18. The van der Waals surface area contributed by atoms with Gasteiger partial charge in [-0.15, -0.1) is 0 Å². The maximum atomic E-state index is 4.51. The van der Waals surface area contributed by atoms with Crippen LogP contribution in [0.3, 0.4) is 0 Å². The van der Waals surface area contributed by atoms with E-state index in [2.05, 4.69) is 47.4 Å². The molecule has 2 heterocycles. The number of likely N-dealkylation sites (N-methyl/N-ethyl adjacent to an activating group) is 1. The maximum Gasteiger partial charge on any atom is 0.0624 e. The van der Waals surface area contributed by atoms with E-state index in [-0.39, 0.29) is 0 Å². The summed E-state index contributed by atoms with van der Waals surface area (Å²) in [7, 11) is 2.02. The number of rotatable bonds is 6. The monoisotopic (exact) mass is 258 g/mol. The van der Waals surface area contributed by atoms with Gasteiger partial charge < -0.3 is 5.32 Å². The van der Waals surface area contributed by atoms with Crippen LogP contribution in [0.15, 0.2) is 30.6 Å². The van der Waals surface area contributed by atoms with Gasteiger partial charge in [-0.3, -0.25) is 9.67 Å². The molecule has 2 aromatic rings. The van der Waals surface area contributed by atoms with Gasteiger partial charge in [0.2, 0.25) is 0 Å². The standard InChI is InChI=1S/C15H22N4/c1-4-13-10-14(19(3)18-13)11-15(17-5-2)12-6-8-16-9-7-12/h6-10,15,17H,4-5,11H2,1-3H3. The second-order valence-corrected chi connectivity index (χ2v) is 4.70. The summed E-state index contributed by atoms with van der Waals surface area (Å²) in [4.78, 5) is 4.08. The van der Waals surface area contributed by atoms with E-state index in [4.69, 9.17) is 0 Å². The van der Waals surface area contributed by atoms with Crippen molar-refractivity contribution in [2.24, 2.45) is 7.05 Å². The smallest absolute Gasteiger partial charge is 0.0624 e. The van der Waals surface area contributed by atoms with E-state index in [1.807, 2.05) is 24.1 Å². The molecule has 0 aliphatic rings. The Morgan fingerprint density at radius 1 is 1.26 bits per heavy atom. The molecule has 0 saturated carbocycles. The fraction of sp³-hybridized carbons (Fsp3) is 0.467. The molecule has 0 spiro atoms. The third kappa shape index (κ3) is 3.41. The Balaban J connectivity index is 2.18. The first-order chi connectivity index (χ1) is 9.24. The lowest BCUT2D eigenvalue weighted by Crippen LogP contribution is -2.23. The molecular weight excluding hydrogens is 236 g/mol. The predicted molar refractivity (Wildman–Crippen MR) is 76.9 cm³/mol. The molecule has 0 radical (unpaired) electrons. The van der Waals surface area contributed by atoms with Crippen LogP contribution in [0.2, 0.25) is 0 Å². The van der Waals surface area contributed by atoms with Crippen LogP contribution in [0.25, 0.3) is 0 Å². The molecule has 0 bridgehead atoms. The average Bonchev–Trinajstić information content (AvgIpc) is 2.80. The van der Waals surface area contributed by atoms with Crippen LogP contribution < -0.4 is 5.32 Å². The lowest BCUT2D eigenvalue weighted by molar-refractivity contribution is 0.528. The highest BCUT2D eigenvalue weighted by Gasteiger charge is 2.14. The van der Waals surface area contributed by atoms with Crippen molar-refractivity contribution in [2.75, 3.05) is 6.54 Å². The van der Waals surface area contributed by atoms with Gasteiger partial charge in [0.1, 0.15) is 0 Å². The van der Waals surface area contributed by atoms with Crippen LogP contribution in [0, 0.1) is 0 Å². The van der Waals surface area contributed by atoms with E-state index < -0.39 is 0 Å². The number of nitrogens with one attached hydrogen (secondary N) is 1. The Bertz CT molecular complexity index is 504. The normalized spacial score (nSPS) is 12.6. The average molecular weight is 258 g/mol. The third-order valence-corrected chi connectivity index (χ3v) is 3.36. The molecule has 1 atom stereocenters. The largest absolute Gasteiger partial charge is 0.310 e. The van der Waals surface area contributed by atoms with Crippen molar-refractivity contribution >= 4 is 0 Å². The zero-order valence-corrected chi connectivity index (χ0v) is 11.9. The first kappa shape index (κ1) is 13.7. The molecular formula is C15H22N4. The van der Waals surface area contributed by atoms with E-state index in [1.165, 1.54) is 11.3 Å². The topological polar surface area (TPSA) is 42.7 Å². The van der Waals surface area contributed by atoms with Gasteiger partial charge in [0.25, 0.3) is 0 Å². The van der Waals surface area contributed by atoms with Crippen LogP contribution in [-0.2, 0) is 19.9 Å².